The summed E-state index contributed by atoms with van der Waals surface area (Å²) < 4.78 is 0. The molecule has 0 aromatic rings. The Bertz CT molecular complexity index is 236. The van der Waals surface area contributed by atoms with E-state index in [1.54, 1.807) is 0 Å². The van der Waals surface area contributed by atoms with Gasteiger partial charge in [-0.15, -0.1) is 13.2 Å². The van der Waals surface area contributed by atoms with Crippen LogP contribution in [0.4, 0.5) is 0 Å². The Kier molecular flexibility index (Phi) is 10.8. The van der Waals surface area contributed by atoms with Gasteiger partial charge in [-0.3, -0.25) is 0 Å². The van der Waals surface area contributed by atoms with Crippen molar-refractivity contribution >= 4 is 0 Å². The average molecular weight is 280 g/mol. The predicted molar refractivity (Wildman–Crippen MR) is 92.9 cm³/mol. The molecule has 1 unspecified atom stereocenters. The maximum atomic E-state index is 6.14. The second-order valence-corrected chi connectivity index (χ2v) is 6.77. The van der Waals surface area contributed by atoms with Crippen molar-refractivity contribution in [1.82, 2.24) is 0 Å². The summed E-state index contributed by atoms with van der Waals surface area (Å²) in [5.41, 5.74) is 6.57. The topological polar surface area (TPSA) is 26.0 Å². The normalized spacial score (nSPS) is 13.4. The Balaban J connectivity index is 4.57. The van der Waals surface area contributed by atoms with Gasteiger partial charge < -0.3 is 5.73 Å². The number of hydrogen-bond acceptors (Lipinski definition) is 1. The minimum atomic E-state index is 0.302. The summed E-state index contributed by atoms with van der Waals surface area (Å²) in [5, 5.41) is 0. The Labute approximate surface area is 127 Å². The molecule has 0 aliphatic carbocycles. The molecule has 0 aromatic carbocycles. The van der Waals surface area contributed by atoms with Crippen LogP contribution >= 0.6 is 0 Å². The van der Waals surface area contributed by atoms with Crippen molar-refractivity contribution in [1.29, 1.82) is 0 Å². The molecule has 1 nitrogen and oxygen atoms in total. The van der Waals surface area contributed by atoms with Crippen molar-refractivity contribution in [2.45, 2.75) is 84.6 Å². The predicted octanol–water partition coefficient (Wildman–Crippen LogP) is 5.86. The smallest absolute Gasteiger partial charge is 0.00158 e. The van der Waals surface area contributed by atoms with Gasteiger partial charge in [-0.05, 0) is 63.2 Å². The molecule has 0 aromatic heterocycles. The summed E-state index contributed by atoms with van der Waals surface area (Å²) >= 11 is 0. The van der Waals surface area contributed by atoms with Crippen LogP contribution < -0.4 is 5.73 Å². The number of hydrogen-bond donors (Lipinski definition) is 1. The fraction of sp³-hybridized carbons (Fsp3) is 0.789. The Morgan fingerprint density at radius 2 is 1.35 bits per heavy atom. The van der Waals surface area contributed by atoms with Crippen LogP contribution in [0.25, 0.3) is 0 Å². The van der Waals surface area contributed by atoms with Crippen molar-refractivity contribution in [3.05, 3.63) is 25.3 Å². The van der Waals surface area contributed by atoms with Crippen LogP contribution in [-0.4, -0.2) is 6.04 Å². The van der Waals surface area contributed by atoms with E-state index in [2.05, 4.69) is 33.9 Å². The van der Waals surface area contributed by atoms with Gasteiger partial charge in [0.1, 0.15) is 0 Å². The highest BCUT2D eigenvalue weighted by molar-refractivity contribution is 4.86. The third kappa shape index (κ3) is 7.89. The molecule has 0 saturated carbocycles. The van der Waals surface area contributed by atoms with Crippen LogP contribution in [-0.2, 0) is 0 Å². The lowest BCUT2D eigenvalue weighted by molar-refractivity contribution is 0.120. The lowest BCUT2D eigenvalue weighted by Crippen LogP contribution is -2.34. The van der Waals surface area contributed by atoms with E-state index in [-0.39, 0.29) is 0 Å². The fourth-order valence-corrected chi connectivity index (χ4v) is 3.31. The third-order valence-corrected chi connectivity index (χ3v) is 4.62. The molecule has 0 saturated heterocycles. The van der Waals surface area contributed by atoms with E-state index >= 15 is 0 Å². The molecule has 1 heteroatoms. The minimum absolute atomic E-state index is 0.302. The highest BCUT2D eigenvalue weighted by atomic mass is 14.6. The summed E-state index contributed by atoms with van der Waals surface area (Å²) in [5.74, 6) is 0.709. The maximum Gasteiger partial charge on any atom is 0.00158 e. The van der Waals surface area contributed by atoms with Gasteiger partial charge in [0.2, 0.25) is 0 Å². The van der Waals surface area contributed by atoms with E-state index in [4.69, 9.17) is 5.73 Å². The van der Waals surface area contributed by atoms with Crippen molar-refractivity contribution < 1.29 is 0 Å². The Morgan fingerprint density at radius 3 is 1.65 bits per heavy atom. The lowest BCUT2D eigenvalue weighted by Gasteiger charge is -2.40. The molecule has 0 radical (unpaired) electrons. The number of allylic oxidation sites excluding steroid dienone is 2. The molecule has 0 aliphatic rings. The van der Waals surface area contributed by atoms with Gasteiger partial charge >= 0.3 is 0 Å². The van der Waals surface area contributed by atoms with E-state index in [1.165, 1.54) is 38.5 Å². The SMILES string of the molecule is C=CCCCCC(CCCCC=C)(CC(C)N)C(C)C. The molecular formula is C19H37N. The summed E-state index contributed by atoms with van der Waals surface area (Å²) in [6.07, 6.45) is 15.3. The molecule has 0 bridgehead atoms. The van der Waals surface area contributed by atoms with E-state index < -0.39 is 0 Å². The van der Waals surface area contributed by atoms with Crippen molar-refractivity contribution in [2.24, 2.45) is 17.1 Å². The fourth-order valence-electron chi connectivity index (χ4n) is 3.31. The highest BCUT2D eigenvalue weighted by Crippen LogP contribution is 2.42. The Morgan fingerprint density at radius 1 is 0.900 bits per heavy atom. The van der Waals surface area contributed by atoms with Gasteiger partial charge in [0.15, 0.2) is 0 Å². The molecule has 0 amide bonds. The lowest BCUT2D eigenvalue weighted by atomic mass is 9.66. The second-order valence-electron chi connectivity index (χ2n) is 6.77. The monoisotopic (exact) mass is 279 g/mol. The van der Waals surface area contributed by atoms with Crippen molar-refractivity contribution in [3.63, 3.8) is 0 Å². The Hall–Kier alpha value is -0.560. The first-order valence-corrected chi connectivity index (χ1v) is 8.46. The van der Waals surface area contributed by atoms with Crippen LogP contribution in [0.5, 0.6) is 0 Å². The van der Waals surface area contributed by atoms with E-state index in [0.717, 1.165) is 19.3 Å². The zero-order chi connectivity index (χ0) is 15.4. The minimum Gasteiger partial charge on any atom is -0.328 e. The summed E-state index contributed by atoms with van der Waals surface area (Å²) in [6.45, 7) is 14.6. The third-order valence-electron chi connectivity index (χ3n) is 4.62. The molecule has 0 fully saturated rings. The highest BCUT2D eigenvalue weighted by Gasteiger charge is 2.33. The van der Waals surface area contributed by atoms with Gasteiger partial charge in [0, 0.05) is 6.04 Å². The second kappa shape index (κ2) is 11.1. The summed E-state index contributed by atoms with van der Waals surface area (Å²) in [6, 6.07) is 0.302. The van der Waals surface area contributed by atoms with Crippen molar-refractivity contribution in [3.8, 4) is 0 Å². The molecule has 0 aliphatic heterocycles. The molecular weight excluding hydrogens is 242 g/mol. The zero-order valence-electron chi connectivity index (χ0n) is 14.2. The molecule has 0 rings (SSSR count). The number of nitrogens with two attached hydrogens (primary N) is 1. The van der Waals surface area contributed by atoms with Crippen LogP contribution in [0.3, 0.4) is 0 Å². The largest absolute Gasteiger partial charge is 0.328 e. The van der Waals surface area contributed by atoms with E-state index in [1.807, 2.05) is 12.2 Å². The van der Waals surface area contributed by atoms with Gasteiger partial charge in [0.25, 0.3) is 0 Å². The van der Waals surface area contributed by atoms with Gasteiger partial charge in [-0.2, -0.15) is 0 Å². The molecule has 0 spiro atoms. The van der Waals surface area contributed by atoms with Crippen molar-refractivity contribution in [2.75, 3.05) is 0 Å². The van der Waals surface area contributed by atoms with E-state index in [0.29, 0.717) is 17.4 Å². The first kappa shape index (κ1) is 19.4. The molecule has 2 N–H and O–H groups in total. The zero-order valence-corrected chi connectivity index (χ0v) is 14.2. The molecule has 1 atom stereocenters. The standard InChI is InChI=1S/C19H37N/c1-6-8-10-12-14-19(17(3)4,16-18(5)20)15-13-11-9-7-2/h6-7,17-18H,1-2,8-16,20H2,3-5H3. The van der Waals surface area contributed by atoms with Crippen LogP contribution in [0.2, 0.25) is 0 Å². The van der Waals surface area contributed by atoms with Gasteiger partial charge in [0.05, 0.1) is 0 Å². The summed E-state index contributed by atoms with van der Waals surface area (Å²) in [7, 11) is 0. The maximum absolute atomic E-state index is 6.14. The first-order chi connectivity index (χ1) is 9.48. The molecule has 20 heavy (non-hydrogen) atoms. The number of rotatable bonds is 13. The van der Waals surface area contributed by atoms with E-state index in [9.17, 15) is 0 Å². The van der Waals surface area contributed by atoms with Crippen LogP contribution in [0.15, 0.2) is 25.3 Å². The molecule has 0 heterocycles. The number of unbranched alkanes of at least 4 members (excludes halogenated alkanes) is 4. The average Bonchev–Trinajstić information content (AvgIpc) is 2.38. The first-order valence-electron chi connectivity index (χ1n) is 8.46. The molecule has 118 valence electrons. The van der Waals surface area contributed by atoms with Gasteiger partial charge in [-0.25, -0.2) is 0 Å². The van der Waals surface area contributed by atoms with Crippen LogP contribution in [0.1, 0.15) is 78.6 Å². The quantitative estimate of drug-likeness (QED) is 0.332. The van der Waals surface area contributed by atoms with Crippen LogP contribution in [0, 0.1) is 11.3 Å². The van der Waals surface area contributed by atoms with Gasteiger partial charge in [-0.1, -0.05) is 38.8 Å². The summed E-state index contributed by atoms with van der Waals surface area (Å²) in [4.78, 5) is 0.